The first-order chi connectivity index (χ1) is 16.0. The quantitative estimate of drug-likeness (QED) is 0.448. The molecule has 7 nitrogen and oxygen atoms in total. The van der Waals surface area contributed by atoms with Crippen molar-refractivity contribution in [3.63, 3.8) is 0 Å². The number of benzene rings is 2. The van der Waals surface area contributed by atoms with Crippen LogP contribution >= 0.6 is 0 Å². The maximum Gasteiger partial charge on any atom is 0.255 e. The van der Waals surface area contributed by atoms with Gasteiger partial charge in [0.1, 0.15) is 17.3 Å². The second-order valence-electron chi connectivity index (χ2n) is 7.87. The number of amides is 1. The monoisotopic (exact) mass is 441 g/mol. The van der Waals surface area contributed by atoms with Gasteiger partial charge >= 0.3 is 0 Å². The highest BCUT2D eigenvalue weighted by Gasteiger charge is 2.19. The average molecular weight is 442 g/mol. The molecule has 168 valence electrons. The van der Waals surface area contributed by atoms with E-state index in [1.54, 1.807) is 24.2 Å². The Bertz CT molecular complexity index is 1220. The number of rotatable bonds is 8. The molecule has 4 aromatic rings. The third kappa shape index (κ3) is 5.20. The summed E-state index contributed by atoms with van der Waals surface area (Å²) in [7, 11) is 5.50. The normalized spacial score (nSPS) is 10.6. The summed E-state index contributed by atoms with van der Waals surface area (Å²) in [6.07, 6.45) is 3.55. The molecule has 1 N–H and O–H groups in total. The van der Waals surface area contributed by atoms with Crippen molar-refractivity contribution in [3.05, 3.63) is 95.8 Å². The van der Waals surface area contributed by atoms with E-state index in [0.717, 1.165) is 28.3 Å². The Hall–Kier alpha value is -4.13. The van der Waals surface area contributed by atoms with E-state index in [1.807, 2.05) is 85.7 Å². The molecule has 0 fully saturated rings. The molecule has 0 bridgehead atoms. The Labute approximate surface area is 193 Å². The van der Waals surface area contributed by atoms with E-state index in [0.29, 0.717) is 24.3 Å². The molecule has 0 saturated heterocycles. The zero-order chi connectivity index (χ0) is 23.2. The van der Waals surface area contributed by atoms with Crippen molar-refractivity contribution < 1.29 is 9.53 Å². The number of methoxy groups -OCH3 is 1. The van der Waals surface area contributed by atoms with E-state index in [-0.39, 0.29) is 5.91 Å². The summed E-state index contributed by atoms with van der Waals surface area (Å²) in [5.74, 6) is 1.39. The lowest BCUT2D eigenvalue weighted by atomic mass is 10.1. The van der Waals surface area contributed by atoms with Crippen LogP contribution < -0.4 is 15.0 Å². The van der Waals surface area contributed by atoms with Gasteiger partial charge in [-0.25, -0.2) is 4.98 Å². The summed E-state index contributed by atoms with van der Waals surface area (Å²) in [4.78, 5) is 19.6. The van der Waals surface area contributed by atoms with Gasteiger partial charge in [-0.15, -0.1) is 0 Å². The molecule has 0 aliphatic rings. The highest BCUT2D eigenvalue weighted by atomic mass is 16.5. The standard InChI is InChI=1S/C26H27N5O2/c1-30(2)25-21(10-7-15-27-25)16-28-26(32)23-18-31(17-19-8-5-4-6-9-19)29-24(23)20-11-13-22(33-3)14-12-20/h4-15,18H,16-17H2,1-3H3,(H,28,32). The number of anilines is 1. The molecule has 0 unspecified atom stereocenters. The van der Waals surface area contributed by atoms with Gasteiger partial charge in [-0.2, -0.15) is 5.10 Å². The molecule has 0 atom stereocenters. The molecule has 2 heterocycles. The van der Waals surface area contributed by atoms with Gasteiger partial charge in [-0.3, -0.25) is 9.48 Å². The van der Waals surface area contributed by atoms with Crippen molar-refractivity contribution >= 4 is 11.7 Å². The van der Waals surface area contributed by atoms with Gasteiger partial charge in [0.2, 0.25) is 0 Å². The van der Waals surface area contributed by atoms with Crippen LogP contribution in [0.15, 0.2) is 79.1 Å². The number of hydrogen-bond acceptors (Lipinski definition) is 5. The number of hydrogen-bond donors (Lipinski definition) is 1. The Morgan fingerprint density at radius 2 is 1.79 bits per heavy atom. The number of carbonyl (C=O) groups excluding carboxylic acids is 1. The van der Waals surface area contributed by atoms with Crippen LogP contribution in [-0.2, 0) is 13.1 Å². The SMILES string of the molecule is COc1ccc(-c2nn(Cc3ccccc3)cc2C(=O)NCc2cccnc2N(C)C)cc1. The molecule has 1 amide bonds. The van der Waals surface area contributed by atoms with Crippen LogP contribution in [0.2, 0.25) is 0 Å². The van der Waals surface area contributed by atoms with Crippen molar-refractivity contribution in [2.24, 2.45) is 0 Å². The van der Waals surface area contributed by atoms with Crippen molar-refractivity contribution in [2.75, 3.05) is 26.1 Å². The Balaban J connectivity index is 1.62. The fourth-order valence-corrected chi connectivity index (χ4v) is 3.64. The molecule has 2 aromatic carbocycles. The van der Waals surface area contributed by atoms with Crippen molar-refractivity contribution in [1.29, 1.82) is 0 Å². The highest BCUT2D eigenvalue weighted by Crippen LogP contribution is 2.25. The van der Waals surface area contributed by atoms with E-state index in [2.05, 4.69) is 10.3 Å². The van der Waals surface area contributed by atoms with E-state index in [9.17, 15) is 4.79 Å². The van der Waals surface area contributed by atoms with E-state index in [1.165, 1.54) is 0 Å². The van der Waals surface area contributed by atoms with Crippen LogP contribution in [0, 0.1) is 0 Å². The van der Waals surface area contributed by atoms with Gasteiger partial charge in [0.15, 0.2) is 0 Å². The van der Waals surface area contributed by atoms with Gasteiger partial charge < -0.3 is 15.0 Å². The third-order valence-electron chi connectivity index (χ3n) is 5.29. The molecule has 0 radical (unpaired) electrons. The second kappa shape index (κ2) is 9.99. The largest absolute Gasteiger partial charge is 0.497 e. The lowest BCUT2D eigenvalue weighted by Crippen LogP contribution is -2.24. The van der Waals surface area contributed by atoms with Gasteiger partial charge in [-0.1, -0.05) is 36.4 Å². The summed E-state index contributed by atoms with van der Waals surface area (Å²) < 4.78 is 7.07. The molecule has 4 rings (SSSR count). The smallest absolute Gasteiger partial charge is 0.255 e. The van der Waals surface area contributed by atoms with Crippen LogP contribution in [0.4, 0.5) is 5.82 Å². The number of nitrogens with one attached hydrogen (secondary N) is 1. The second-order valence-corrected chi connectivity index (χ2v) is 7.87. The number of nitrogens with zero attached hydrogens (tertiary/aromatic N) is 4. The lowest BCUT2D eigenvalue weighted by molar-refractivity contribution is 0.0951. The van der Waals surface area contributed by atoms with Crippen molar-refractivity contribution in [2.45, 2.75) is 13.1 Å². The first kappa shape index (κ1) is 22.1. The van der Waals surface area contributed by atoms with Gasteiger partial charge in [-0.05, 0) is 35.9 Å². The van der Waals surface area contributed by atoms with Gasteiger partial charge in [0.25, 0.3) is 5.91 Å². The van der Waals surface area contributed by atoms with E-state index in [4.69, 9.17) is 9.84 Å². The Kier molecular flexibility index (Phi) is 6.69. The molecule has 0 aliphatic carbocycles. The number of ether oxygens (including phenoxy) is 1. The summed E-state index contributed by atoms with van der Waals surface area (Å²) in [6, 6.07) is 21.4. The zero-order valence-corrected chi connectivity index (χ0v) is 19.0. The lowest BCUT2D eigenvalue weighted by Gasteiger charge is -2.16. The third-order valence-corrected chi connectivity index (χ3v) is 5.29. The molecule has 0 aliphatic heterocycles. The maximum atomic E-state index is 13.3. The van der Waals surface area contributed by atoms with Crippen molar-refractivity contribution in [3.8, 4) is 17.0 Å². The van der Waals surface area contributed by atoms with Gasteiger partial charge in [0, 0.05) is 44.2 Å². The minimum absolute atomic E-state index is 0.186. The predicted molar refractivity (Wildman–Crippen MR) is 129 cm³/mol. The minimum atomic E-state index is -0.186. The Morgan fingerprint density at radius 3 is 2.48 bits per heavy atom. The van der Waals surface area contributed by atoms with E-state index >= 15 is 0 Å². The molecule has 0 spiro atoms. The molecular weight excluding hydrogens is 414 g/mol. The topological polar surface area (TPSA) is 72.3 Å². The van der Waals surface area contributed by atoms with Crippen LogP contribution in [-0.4, -0.2) is 41.9 Å². The summed E-state index contributed by atoms with van der Waals surface area (Å²) in [6.45, 7) is 0.941. The number of pyridine rings is 1. The first-order valence-electron chi connectivity index (χ1n) is 10.7. The van der Waals surface area contributed by atoms with Gasteiger partial charge in [0.05, 0.1) is 19.2 Å². The molecule has 2 aromatic heterocycles. The highest BCUT2D eigenvalue weighted by molar-refractivity contribution is 5.99. The first-order valence-corrected chi connectivity index (χ1v) is 10.7. The number of aromatic nitrogens is 3. The average Bonchev–Trinajstić information content (AvgIpc) is 3.27. The molecule has 33 heavy (non-hydrogen) atoms. The van der Waals surface area contributed by atoms with Crippen LogP contribution in [0.5, 0.6) is 5.75 Å². The minimum Gasteiger partial charge on any atom is -0.497 e. The maximum absolute atomic E-state index is 13.3. The summed E-state index contributed by atoms with van der Waals surface area (Å²) >= 11 is 0. The summed E-state index contributed by atoms with van der Waals surface area (Å²) in [5.41, 5.74) is 4.05. The Morgan fingerprint density at radius 1 is 1.03 bits per heavy atom. The fraction of sp³-hybridized carbons (Fsp3) is 0.192. The van der Waals surface area contributed by atoms with Crippen LogP contribution in [0.25, 0.3) is 11.3 Å². The molecule has 7 heteroatoms. The molecule has 0 saturated carbocycles. The zero-order valence-electron chi connectivity index (χ0n) is 19.0. The van der Waals surface area contributed by atoms with E-state index < -0.39 is 0 Å². The van der Waals surface area contributed by atoms with Crippen LogP contribution in [0.3, 0.4) is 0 Å². The van der Waals surface area contributed by atoms with Crippen LogP contribution in [0.1, 0.15) is 21.5 Å². The predicted octanol–water partition coefficient (Wildman–Crippen LogP) is 4.00. The number of carbonyl (C=O) groups is 1. The fourth-order valence-electron chi connectivity index (χ4n) is 3.64. The molecular formula is C26H27N5O2. The summed E-state index contributed by atoms with van der Waals surface area (Å²) in [5, 5.41) is 7.78. The van der Waals surface area contributed by atoms with Crippen molar-refractivity contribution in [1.82, 2.24) is 20.1 Å².